The molecule has 0 spiro atoms. The van der Waals surface area contributed by atoms with E-state index in [0.717, 1.165) is 19.3 Å². The Morgan fingerprint density at radius 1 is 1.00 bits per heavy atom. The van der Waals surface area contributed by atoms with Crippen molar-refractivity contribution in [3.05, 3.63) is 71.0 Å². The summed E-state index contributed by atoms with van der Waals surface area (Å²) in [5, 5.41) is 0. The van der Waals surface area contributed by atoms with Crippen LogP contribution in [0.4, 0.5) is 35.1 Å². The highest BCUT2D eigenvalue weighted by Crippen LogP contribution is 2.39. The quantitative estimate of drug-likeness (QED) is 0.255. The summed E-state index contributed by atoms with van der Waals surface area (Å²) in [6, 6.07) is 1.95. The van der Waals surface area contributed by atoms with E-state index in [9.17, 15) is 35.1 Å². The van der Waals surface area contributed by atoms with E-state index in [1.54, 1.807) is 0 Å². The van der Waals surface area contributed by atoms with Crippen molar-refractivity contribution in [2.45, 2.75) is 51.2 Å². The van der Waals surface area contributed by atoms with Crippen LogP contribution in [0, 0.1) is 29.2 Å². The van der Waals surface area contributed by atoms with Crippen molar-refractivity contribution in [3.8, 4) is 11.5 Å². The number of benzene rings is 2. The van der Waals surface area contributed by atoms with Gasteiger partial charge in [-0.3, -0.25) is 0 Å². The minimum Gasteiger partial charge on any atom is -0.459 e. The van der Waals surface area contributed by atoms with Crippen LogP contribution >= 0.6 is 0 Å². The standard InChI is InChI=1S/C24H22F8O3/c1-2-3-13-4-5-20(34-12-13)14-8-16(25)22(17(26)9-14)24(31,32)35-15-10-18(27)23(19(28)11-15)33-7-6-21(29)30/h6-11,13,20-21H,2-5,12H2,1H3/b7-6+. The second-order valence-electron chi connectivity index (χ2n) is 8.03. The highest BCUT2D eigenvalue weighted by Gasteiger charge is 2.42. The first-order valence-corrected chi connectivity index (χ1v) is 10.8. The van der Waals surface area contributed by atoms with E-state index in [1.165, 1.54) is 0 Å². The lowest BCUT2D eigenvalue weighted by atomic mass is 9.91. The average Bonchev–Trinajstić information content (AvgIpc) is 2.75. The van der Waals surface area contributed by atoms with Crippen molar-refractivity contribution in [3.63, 3.8) is 0 Å². The van der Waals surface area contributed by atoms with Crippen molar-refractivity contribution < 1.29 is 49.3 Å². The van der Waals surface area contributed by atoms with E-state index in [4.69, 9.17) is 4.74 Å². The Balaban J connectivity index is 1.78. The van der Waals surface area contributed by atoms with Gasteiger partial charge in [-0.1, -0.05) is 13.3 Å². The molecule has 3 rings (SSSR count). The molecule has 0 saturated carbocycles. The smallest absolute Gasteiger partial charge is 0.432 e. The van der Waals surface area contributed by atoms with Crippen LogP contribution in [0.2, 0.25) is 0 Å². The first-order valence-electron chi connectivity index (χ1n) is 10.8. The summed E-state index contributed by atoms with van der Waals surface area (Å²) in [6.45, 7) is 2.41. The molecule has 3 nitrogen and oxygen atoms in total. The molecule has 0 N–H and O–H groups in total. The van der Waals surface area contributed by atoms with Gasteiger partial charge in [-0.15, -0.1) is 0 Å². The van der Waals surface area contributed by atoms with Gasteiger partial charge in [0.2, 0.25) is 0 Å². The second-order valence-corrected chi connectivity index (χ2v) is 8.03. The molecule has 0 radical (unpaired) electrons. The van der Waals surface area contributed by atoms with E-state index >= 15 is 0 Å². The van der Waals surface area contributed by atoms with E-state index in [1.807, 2.05) is 6.92 Å². The second kappa shape index (κ2) is 11.3. The minimum atomic E-state index is -4.65. The van der Waals surface area contributed by atoms with Crippen LogP contribution in [-0.4, -0.2) is 13.0 Å². The number of allylic oxidation sites excluding steroid dienone is 1. The number of hydrogen-bond acceptors (Lipinski definition) is 3. The molecule has 192 valence electrons. The first-order chi connectivity index (χ1) is 16.5. The molecule has 2 aromatic carbocycles. The number of rotatable bonds is 9. The third-order valence-corrected chi connectivity index (χ3v) is 5.42. The fourth-order valence-corrected chi connectivity index (χ4v) is 3.84. The molecule has 35 heavy (non-hydrogen) atoms. The van der Waals surface area contributed by atoms with Crippen LogP contribution < -0.4 is 9.47 Å². The molecule has 0 aliphatic carbocycles. The Kier molecular flexibility index (Phi) is 8.63. The molecule has 0 bridgehead atoms. The number of halogens is 8. The van der Waals surface area contributed by atoms with Crippen molar-refractivity contribution in [2.75, 3.05) is 6.61 Å². The molecule has 0 aromatic heterocycles. The lowest BCUT2D eigenvalue weighted by Crippen LogP contribution is -2.26. The van der Waals surface area contributed by atoms with Crippen LogP contribution in [-0.2, 0) is 10.8 Å². The summed E-state index contributed by atoms with van der Waals surface area (Å²) in [5.41, 5.74) is -1.70. The van der Waals surface area contributed by atoms with Gasteiger partial charge in [-0.25, -0.2) is 26.3 Å². The highest BCUT2D eigenvalue weighted by molar-refractivity contribution is 5.37. The molecule has 1 heterocycles. The molecular weight excluding hydrogens is 488 g/mol. The van der Waals surface area contributed by atoms with Crippen LogP contribution in [0.25, 0.3) is 0 Å². The van der Waals surface area contributed by atoms with Crippen LogP contribution in [0.1, 0.15) is 49.8 Å². The van der Waals surface area contributed by atoms with Gasteiger partial charge in [-0.05, 0) is 42.9 Å². The summed E-state index contributed by atoms with van der Waals surface area (Å²) >= 11 is 0. The largest absolute Gasteiger partial charge is 0.459 e. The van der Waals surface area contributed by atoms with Gasteiger partial charge in [0.1, 0.15) is 22.9 Å². The van der Waals surface area contributed by atoms with Crippen LogP contribution in [0.15, 0.2) is 36.6 Å². The van der Waals surface area contributed by atoms with Crippen LogP contribution in [0.5, 0.6) is 11.5 Å². The monoisotopic (exact) mass is 510 g/mol. The molecule has 1 saturated heterocycles. The van der Waals surface area contributed by atoms with E-state index in [-0.39, 0.29) is 23.8 Å². The maximum Gasteiger partial charge on any atom is 0.432 e. The van der Waals surface area contributed by atoms with Crippen molar-refractivity contribution in [2.24, 2.45) is 5.92 Å². The Morgan fingerprint density at radius 3 is 2.14 bits per heavy atom. The summed E-state index contributed by atoms with van der Waals surface area (Å²) in [4.78, 5) is 0. The fraction of sp³-hybridized carbons (Fsp3) is 0.417. The normalized spacial score (nSPS) is 18.9. The molecule has 11 heteroatoms. The van der Waals surface area contributed by atoms with Crippen molar-refractivity contribution in [1.82, 2.24) is 0 Å². The number of ether oxygens (including phenoxy) is 3. The van der Waals surface area contributed by atoms with E-state index < -0.39 is 59.0 Å². The highest BCUT2D eigenvalue weighted by atomic mass is 19.3. The third-order valence-electron chi connectivity index (χ3n) is 5.42. The van der Waals surface area contributed by atoms with Gasteiger partial charge in [-0.2, -0.15) is 8.78 Å². The van der Waals surface area contributed by atoms with Gasteiger partial charge in [0.05, 0.1) is 19.0 Å². The van der Waals surface area contributed by atoms with Gasteiger partial charge in [0.15, 0.2) is 17.4 Å². The minimum absolute atomic E-state index is 0.0462. The van der Waals surface area contributed by atoms with E-state index in [0.29, 0.717) is 37.3 Å². The molecule has 1 aliphatic heterocycles. The zero-order valence-electron chi connectivity index (χ0n) is 18.5. The van der Waals surface area contributed by atoms with E-state index in [2.05, 4.69) is 9.47 Å². The Hall–Kier alpha value is -2.82. The predicted molar refractivity (Wildman–Crippen MR) is 109 cm³/mol. The van der Waals surface area contributed by atoms with Crippen LogP contribution in [0.3, 0.4) is 0 Å². The molecule has 0 amide bonds. The summed E-state index contributed by atoms with van der Waals surface area (Å²) in [7, 11) is 0. The lowest BCUT2D eigenvalue weighted by Gasteiger charge is -2.29. The third kappa shape index (κ3) is 6.65. The Bertz CT molecular complexity index is 1000. The SMILES string of the molecule is CCCC1CCC(c2cc(F)c(C(F)(F)Oc3cc(F)c(O/C=C/C(F)F)c(F)c3)c(F)c2)OC1. The molecule has 2 atom stereocenters. The molecule has 2 unspecified atom stereocenters. The zero-order valence-corrected chi connectivity index (χ0v) is 18.5. The van der Waals surface area contributed by atoms with Gasteiger partial charge < -0.3 is 14.2 Å². The number of hydrogen-bond donors (Lipinski definition) is 0. The van der Waals surface area contributed by atoms with Gasteiger partial charge in [0.25, 0.3) is 6.43 Å². The first kappa shape index (κ1) is 26.8. The van der Waals surface area contributed by atoms with Crippen molar-refractivity contribution in [1.29, 1.82) is 0 Å². The van der Waals surface area contributed by atoms with Crippen molar-refractivity contribution >= 4 is 0 Å². The maximum atomic E-state index is 14.6. The molecular formula is C24H22F8O3. The zero-order chi connectivity index (χ0) is 25.8. The molecule has 2 aromatic rings. The fourth-order valence-electron chi connectivity index (χ4n) is 3.84. The Labute approximate surface area is 196 Å². The summed E-state index contributed by atoms with van der Waals surface area (Å²) < 4.78 is 125. The van der Waals surface area contributed by atoms with Gasteiger partial charge in [0, 0.05) is 18.2 Å². The maximum absolute atomic E-state index is 14.6. The summed E-state index contributed by atoms with van der Waals surface area (Å²) in [5.74, 6) is -8.34. The molecule has 1 fully saturated rings. The molecule has 1 aliphatic rings. The average molecular weight is 510 g/mol. The predicted octanol–water partition coefficient (Wildman–Crippen LogP) is 7.80. The number of alkyl halides is 4. The van der Waals surface area contributed by atoms with Gasteiger partial charge >= 0.3 is 6.11 Å². The summed E-state index contributed by atoms with van der Waals surface area (Å²) in [6.07, 6.45) is -4.63. The lowest BCUT2D eigenvalue weighted by molar-refractivity contribution is -0.189. The Morgan fingerprint density at radius 2 is 1.63 bits per heavy atom. The topological polar surface area (TPSA) is 27.7 Å².